The summed E-state index contributed by atoms with van der Waals surface area (Å²) in [6.45, 7) is 8.41. The van der Waals surface area contributed by atoms with E-state index in [0.29, 0.717) is 0 Å². The van der Waals surface area contributed by atoms with E-state index in [9.17, 15) is 0 Å². The van der Waals surface area contributed by atoms with Crippen molar-refractivity contribution in [1.82, 2.24) is 10.2 Å². The van der Waals surface area contributed by atoms with Crippen LogP contribution in [-0.4, -0.2) is 36.6 Å². The minimum atomic E-state index is 0.812. The number of hydrogen-bond acceptors (Lipinski definition) is 2. The van der Waals surface area contributed by atoms with Gasteiger partial charge in [0.1, 0.15) is 0 Å². The van der Waals surface area contributed by atoms with E-state index in [4.69, 9.17) is 0 Å². The summed E-state index contributed by atoms with van der Waals surface area (Å²) in [5, 5.41) is 3.64. The van der Waals surface area contributed by atoms with Crippen LogP contribution in [0.5, 0.6) is 0 Å². The van der Waals surface area contributed by atoms with E-state index in [2.05, 4.69) is 24.1 Å². The molecule has 2 unspecified atom stereocenters. The minimum Gasteiger partial charge on any atom is -0.311 e. The highest BCUT2D eigenvalue weighted by molar-refractivity contribution is 4.94. The van der Waals surface area contributed by atoms with Crippen molar-refractivity contribution in [3.05, 3.63) is 0 Å². The first kappa shape index (κ1) is 9.47. The molecule has 0 aromatic heterocycles. The van der Waals surface area contributed by atoms with Gasteiger partial charge in [-0.3, -0.25) is 4.90 Å². The van der Waals surface area contributed by atoms with Gasteiger partial charge in [-0.25, -0.2) is 0 Å². The molecular formula is C11H22N2. The second-order valence-corrected chi connectivity index (χ2v) is 4.95. The minimum absolute atomic E-state index is 0.812. The number of nitrogens with one attached hydrogen (secondary N) is 1. The molecule has 0 bridgehead atoms. The van der Waals surface area contributed by atoms with Crippen LogP contribution in [0.1, 0.15) is 33.1 Å². The number of fused-ring (bicyclic) bond motifs is 1. The number of nitrogens with zero attached hydrogens (tertiary/aromatic N) is 1. The summed E-state index contributed by atoms with van der Waals surface area (Å²) in [5.74, 6) is 0.819. The van der Waals surface area contributed by atoms with E-state index in [0.717, 1.165) is 18.0 Å². The lowest BCUT2D eigenvalue weighted by atomic mass is 10.1. The highest BCUT2D eigenvalue weighted by Gasteiger charge is 2.34. The van der Waals surface area contributed by atoms with Crippen molar-refractivity contribution in [2.75, 3.05) is 19.6 Å². The van der Waals surface area contributed by atoms with E-state index >= 15 is 0 Å². The van der Waals surface area contributed by atoms with Crippen LogP contribution in [0, 0.1) is 5.92 Å². The van der Waals surface area contributed by atoms with Crippen LogP contribution in [0.25, 0.3) is 0 Å². The molecule has 1 aliphatic heterocycles. The van der Waals surface area contributed by atoms with Crippen LogP contribution in [0.2, 0.25) is 0 Å². The van der Waals surface area contributed by atoms with E-state index < -0.39 is 0 Å². The Morgan fingerprint density at radius 3 is 3.00 bits per heavy atom. The summed E-state index contributed by atoms with van der Waals surface area (Å²) < 4.78 is 0. The van der Waals surface area contributed by atoms with Gasteiger partial charge >= 0.3 is 0 Å². The fourth-order valence-electron chi connectivity index (χ4n) is 2.87. The maximum absolute atomic E-state index is 3.64. The van der Waals surface area contributed by atoms with Crippen molar-refractivity contribution >= 4 is 0 Å². The average molecular weight is 182 g/mol. The van der Waals surface area contributed by atoms with Gasteiger partial charge in [0.05, 0.1) is 0 Å². The molecule has 13 heavy (non-hydrogen) atoms. The molecular weight excluding hydrogens is 160 g/mol. The normalized spacial score (nSPS) is 35.3. The van der Waals surface area contributed by atoms with Crippen molar-refractivity contribution in [2.45, 2.75) is 45.2 Å². The quantitative estimate of drug-likeness (QED) is 0.695. The molecule has 76 valence electrons. The highest BCUT2D eigenvalue weighted by Crippen LogP contribution is 2.26. The Labute approximate surface area is 81.7 Å². The standard InChI is InChI=1S/C11H22N2/c1-9(2)8-13-7-6-12-10-4-3-5-11(10)13/h9-12H,3-8H2,1-2H3. The van der Waals surface area contributed by atoms with Crippen molar-refractivity contribution < 1.29 is 0 Å². The average Bonchev–Trinajstić information content (AvgIpc) is 2.51. The molecule has 1 N–H and O–H groups in total. The Morgan fingerprint density at radius 1 is 1.38 bits per heavy atom. The van der Waals surface area contributed by atoms with Gasteiger partial charge in [-0.15, -0.1) is 0 Å². The van der Waals surface area contributed by atoms with Crippen molar-refractivity contribution in [3.63, 3.8) is 0 Å². The van der Waals surface area contributed by atoms with Gasteiger partial charge in [0.2, 0.25) is 0 Å². The summed E-state index contributed by atoms with van der Waals surface area (Å²) in [5.41, 5.74) is 0. The van der Waals surface area contributed by atoms with Gasteiger partial charge in [0, 0.05) is 31.7 Å². The molecule has 1 aliphatic carbocycles. The summed E-state index contributed by atoms with van der Waals surface area (Å²) in [4.78, 5) is 2.71. The molecule has 0 radical (unpaired) electrons. The van der Waals surface area contributed by atoms with Gasteiger partial charge in [-0.2, -0.15) is 0 Å². The number of piperazine rings is 1. The zero-order valence-corrected chi connectivity index (χ0v) is 8.92. The molecule has 1 saturated heterocycles. The Kier molecular flexibility index (Phi) is 2.89. The lowest BCUT2D eigenvalue weighted by molar-refractivity contribution is 0.122. The van der Waals surface area contributed by atoms with Crippen LogP contribution in [0.15, 0.2) is 0 Å². The van der Waals surface area contributed by atoms with E-state index in [1.54, 1.807) is 0 Å². The molecule has 0 amide bonds. The van der Waals surface area contributed by atoms with Crippen LogP contribution in [-0.2, 0) is 0 Å². The summed E-state index contributed by atoms with van der Waals surface area (Å²) in [6.07, 6.45) is 4.25. The Balaban J connectivity index is 1.93. The van der Waals surface area contributed by atoms with Crippen molar-refractivity contribution in [1.29, 1.82) is 0 Å². The molecule has 1 saturated carbocycles. The molecule has 2 heteroatoms. The number of rotatable bonds is 2. The van der Waals surface area contributed by atoms with Crippen LogP contribution < -0.4 is 5.32 Å². The van der Waals surface area contributed by atoms with Crippen LogP contribution in [0.4, 0.5) is 0 Å². The van der Waals surface area contributed by atoms with Gasteiger partial charge in [-0.05, 0) is 18.8 Å². The third kappa shape index (κ3) is 2.05. The smallest absolute Gasteiger partial charge is 0.0250 e. The summed E-state index contributed by atoms with van der Waals surface area (Å²) in [6, 6.07) is 1.67. The van der Waals surface area contributed by atoms with Crippen molar-refractivity contribution in [2.24, 2.45) is 5.92 Å². The van der Waals surface area contributed by atoms with E-state index in [1.165, 1.54) is 38.9 Å². The highest BCUT2D eigenvalue weighted by atomic mass is 15.2. The maximum Gasteiger partial charge on any atom is 0.0250 e. The maximum atomic E-state index is 3.64. The predicted molar refractivity (Wildman–Crippen MR) is 55.8 cm³/mol. The van der Waals surface area contributed by atoms with Gasteiger partial charge < -0.3 is 5.32 Å². The zero-order valence-electron chi connectivity index (χ0n) is 8.92. The molecule has 0 aromatic carbocycles. The monoisotopic (exact) mass is 182 g/mol. The van der Waals surface area contributed by atoms with Gasteiger partial charge in [0.15, 0.2) is 0 Å². The second kappa shape index (κ2) is 3.97. The first-order valence-electron chi connectivity index (χ1n) is 5.75. The second-order valence-electron chi connectivity index (χ2n) is 4.95. The van der Waals surface area contributed by atoms with Crippen molar-refractivity contribution in [3.8, 4) is 0 Å². The van der Waals surface area contributed by atoms with Crippen LogP contribution in [0.3, 0.4) is 0 Å². The third-order valence-corrected chi connectivity index (χ3v) is 3.35. The molecule has 2 nitrogen and oxygen atoms in total. The molecule has 0 aromatic rings. The first-order chi connectivity index (χ1) is 6.27. The third-order valence-electron chi connectivity index (χ3n) is 3.35. The molecule has 1 heterocycles. The summed E-state index contributed by atoms with van der Waals surface area (Å²) >= 11 is 0. The Bertz CT molecular complexity index is 167. The fourth-order valence-corrected chi connectivity index (χ4v) is 2.87. The SMILES string of the molecule is CC(C)CN1CCNC2CCCC21. The number of hydrogen-bond donors (Lipinski definition) is 1. The van der Waals surface area contributed by atoms with Crippen LogP contribution >= 0.6 is 0 Å². The fraction of sp³-hybridized carbons (Fsp3) is 1.00. The lowest BCUT2D eigenvalue weighted by Gasteiger charge is -2.39. The first-order valence-corrected chi connectivity index (χ1v) is 5.75. The summed E-state index contributed by atoms with van der Waals surface area (Å²) in [7, 11) is 0. The predicted octanol–water partition coefficient (Wildman–Crippen LogP) is 1.47. The zero-order chi connectivity index (χ0) is 9.26. The molecule has 2 aliphatic rings. The molecule has 0 spiro atoms. The molecule has 2 atom stereocenters. The van der Waals surface area contributed by atoms with E-state index in [1.807, 2.05) is 0 Å². The Hall–Kier alpha value is -0.0800. The van der Waals surface area contributed by atoms with Gasteiger partial charge in [-0.1, -0.05) is 20.3 Å². The topological polar surface area (TPSA) is 15.3 Å². The van der Waals surface area contributed by atoms with Gasteiger partial charge in [0.25, 0.3) is 0 Å². The molecule has 2 rings (SSSR count). The lowest BCUT2D eigenvalue weighted by Crippen LogP contribution is -2.56. The molecule has 2 fully saturated rings. The largest absolute Gasteiger partial charge is 0.311 e. The van der Waals surface area contributed by atoms with E-state index in [-0.39, 0.29) is 0 Å². The Morgan fingerprint density at radius 2 is 2.23 bits per heavy atom.